The van der Waals surface area contributed by atoms with Gasteiger partial charge in [0.15, 0.2) is 0 Å². The predicted octanol–water partition coefficient (Wildman–Crippen LogP) is 2.63. The minimum atomic E-state index is 0.233. The van der Waals surface area contributed by atoms with Crippen LogP contribution < -0.4 is 5.32 Å². The van der Waals surface area contributed by atoms with Crippen LogP contribution in [0, 0.1) is 0 Å². The summed E-state index contributed by atoms with van der Waals surface area (Å²) in [5, 5.41) is 6.53. The van der Waals surface area contributed by atoms with E-state index in [2.05, 4.69) is 17.2 Å². The number of nitrogens with one attached hydrogen (secondary N) is 1. The van der Waals surface area contributed by atoms with Crippen LogP contribution in [0.4, 0.5) is 0 Å². The standard InChI is InChI=1S/C11H14N2OS/c1-2-12-9(10-4-3-6-14-10)8-11-13-5-7-15-11/h3-7,9,12H,2,8H2,1H3. The Hall–Kier alpha value is -1.13. The van der Waals surface area contributed by atoms with Crippen LogP contribution in [0.2, 0.25) is 0 Å². The van der Waals surface area contributed by atoms with Crippen molar-refractivity contribution in [2.75, 3.05) is 6.54 Å². The Morgan fingerprint density at radius 2 is 2.53 bits per heavy atom. The lowest BCUT2D eigenvalue weighted by molar-refractivity contribution is 0.416. The number of hydrogen-bond donors (Lipinski definition) is 1. The van der Waals surface area contributed by atoms with Crippen molar-refractivity contribution in [1.29, 1.82) is 0 Å². The number of thiazole rings is 1. The summed E-state index contributed by atoms with van der Waals surface area (Å²) in [5.41, 5.74) is 0. The highest BCUT2D eigenvalue weighted by atomic mass is 32.1. The number of likely N-dealkylation sites (N-methyl/N-ethyl adjacent to an activating group) is 1. The Bertz CT molecular complexity index is 369. The number of hydrogen-bond acceptors (Lipinski definition) is 4. The Morgan fingerprint density at radius 1 is 1.60 bits per heavy atom. The second-order valence-electron chi connectivity index (χ2n) is 3.26. The van der Waals surface area contributed by atoms with Gasteiger partial charge in [0.1, 0.15) is 5.76 Å². The molecule has 15 heavy (non-hydrogen) atoms. The first-order chi connectivity index (χ1) is 7.40. The first-order valence-electron chi connectivity index (χ1n) is 5.05. The molecule has 3 nitrogen and oxygen atoms in total. The second-order valence-corrected chi connectivity index (χ2v) is 4.23. The molecule has 0 fully saturated rings. The average molecular weight is 222 g/mol. The number of furan rings is 1. The van der Waals surface area contributed by atoms with E-state index in [1.807, 2.05) is 23.7 Å². The van der Waals surface area contributed by atoms with Crippen molar-refractivity contribution in [3.63, 3.8) is 0 Å². The van der Waals surface area contributed by atoms with Gasteiger partial charge in [0.05, 0.1) is 17.3 Å². The molecule has 2 aromatic heterocycles. The van der Waals surface area contributed by atoms with E-state index in [1.165, 1.54) is 0 Å². The monoisotopic (exact) mass is 222 g/mol. The molecule has 1 atom stereocenters. The van der Waals surface area contributed by atoms with E-state index < -0.39 is 0 Å². The van der Waals surface area contributed by atoms with Gasteiger partial charge in [-0.3, -0.25) is 0 Å². The van der Waals surface area contributed by atoms with Gasteiger partial charge in [-0.1, -0.05) is 6.92 Å². The Kier molecular flexibility index (Phi) is 3.53. The van der Waals surface area contributed by atoms with Crippen molar-refractivity contribution >= 4 is 11.3 Å². The average Bonchev–Trinajstić information content (AvgIpc) is 2.89. The highest BCUT2D eigenvalue weighted by molar-refractivity contribution is 7.09. The highest BCUT2D eigenvalue weighted by Crippen LogP contribution is 2.19. The minimum Gasteiger partial charge on any atom is -0.468 e. The normalized spacial score (nSPS) is 12.9. The SMILES string of the molecule is CCNC(Cc1nccs1)c1ccco1. The van der Waals surface area contributed by atoms with Crippen LogP contribution in [0.1, 0.15) is 23.7 Å². The maximum absolute atomic E-state index is 5.41. The van der Waals surface area contributed by atoms with Crippen LogP contribution >= 0.6 is 11.3 Å². The van der Waals surface area contributed by atoms with Crippen LogP contribution in [0.3, 0.4) is 0 Å². The number of rotatable bonds is 5. The molecule has 80 valence electrons. The Labute approximate surface area is 93.2 Å². The molecule has 0 saturated heterocycles. The molecule has 0 amide bonds. The van der Waals surface area contributed by atoms with Gasteiger partial charge in [-0.2, -0.15) is 0 Å². The molecule has 0 spiro atoms. The lowest BCUT2D eigenvalue weighted by Crippen LogP contribution is -2.22. The van der Waals surface area contributed by atoms with Crippen molar-refractivity contribution in [2.45, 2.75) is 19.4 Å². The third kappa shape index (κ3) is 2.67. The quantitative estimate of drug-likeness (QED) is 0.845. The van der Waals surface area contributed by atoms with E-state index >= 15 is 0 Å². The largest absolute Gasteiger partial charge is 0.468 e. The fourth-order valence-electron chi connectivity index (χ4n) is 1.54. The summed E-state index contributed by atoms with van der Waals surface area (Å²) in [6.07, 6.45) is 4.44. The topological polar surface area (TPSA) is 38.1 Å². The van der Waals surface area contributed by atoms with E-state index in [-0.39, 0.29) is 6.04 Å². The Morgan fingerprint density at radius 3 is 3.13 bits per heavy atom. The van der Waals surface area contributed by atoms with Gasteiger partial charge in [0, 0.05) is 18.0 Å². The van der Waals surface area contributed by atoms with Crippen LogP contribution in [-0.2, 0) is 6.42 Å². The molecule has 2 aromatic rings. The van der Waals surface area contributed by atoms with E-state index in [1.54, 1.807) is 17.6 Å². The van der Waals surface area contributed by atoms with Gasteiger partial charge in [-0.15, -0.1) is 11.3 Å². The molecule has 4 heteroatoms. The van der Waals surface area contributed by atoms with Gasteiger partial charge in [-0.05, 0) is 18.7 Å². The van der Waals surface area contributed by atoms with Crippen LogP contribution in [0.5, 0.6) is 0 Å². The first kappa shape index (κ1) is 10.4. The molecular weight excluding hydrogens is 208 g/mol. The van der Waals surface area contributed by atoms with Crippen LogP contribution in [-0.4, -0.2) is 11.5 Å². The van der Waals surface area contributed by atoms with E-state index in [0.717, 1.165) is 23.7 Å². The molecule has 2 heterocycles. The molecule has 0 radical (unpaired) electrons. The zero-order chi connectivity index (χ0) is 10.5. The second kappa shape index (κ2) is 5.09. The van der Waals surface area contributed by atoms with E-state index in [0.29, 0.717) is 0 Å². The molecule has 0 saturated carbocycles. The molecule has 0 aliphatic carbocycles. The van der Waals surface area contributed by atoms with Crippen LogP contribution in [0.25, 0.3) is 0 Å². The van der Waals surface area contributed by atoms with Gasteiger partial charge in [0.25, 0.3) is 0 Å². The maximum atomic E-state index is 5.41. The Balaban J connectivity index is 2.07. The maximum Gasteiger partial charge on any atom is 0.121 e. The number of nitrogens with zero attached hydrogens (tertiary/aromatic N) is 1. The van der Waals surface area contributed by atoms with Gasteiger partial charge in [-0.25, -0.2) is 4.98 Å². The molecule has 0 aliphatic rings. The first-order valence-corrected chi connectivity index (χ1v) is 5.93. The zero-order valence-corrected chi connectivity index (χ0v) is 9.46. The summed E-state index contributed by atoms with van der Waals surface area (Å²) in [7, 11) is 0. The summed E-state index contributed by atoms with van der Waals surface area (Å²) in [6, 6.07) is 4.15. The fourth-order valence-corrected chi connectivity index (χ4v) is 2.20. The smallest absolute Gasteiger partial charge is 0.121 e. The third-order valence-corrected chi connectivity index (χ3v) is 3.00. The highest BCUT2D eigenvalue weighted by Gasteiger charge is 2.14. The molecular formula is C11H14N2OS. The fraction of sp³-hybridized carbons (Fsp3) is 0.364. The van der Waals surface area contributed by atoms with Crippen LogP contribution in [0.15, 0.2) is 34.4 Å². The summed E-state index contributed by atoms with van der Waals surface area (Å²) < 4.78 is 5.41. The van der Waals surface area contributed by atoms with Crippen molar-refractivity contribution in [3.8, 4) is 0 Å². The lowest BCUT2D eigenvalue weighted by atomic mass is 10.1. The summed E-state index contributed by atoms with van der Waals surface area (Å²) in [4.78, 5) is 4.29. The predicted molar refractivity (Wildman–Crippen MR) is 60.9 cm³/mol. The summed E-state index contributed by atoms with van der Waals surface area (Å²) >= 11 is 1.68. The zero-order valence-electron chi connectivity index (χ0n) is 8.64. The lowest BCUT2D eigenvalue weighted by Gasteiger charge is -2.13. The molecule has 0 aromatic carbocycles. The van der Waals surface area contributed by atoms with E-state index in [4.69, 9.17) is 4.42 Å². The summed E-state index contributed by atoms with van der Waals surface area (Å²) in [5.74, 6) is 0.979. The number of aromatic nitrogens is 1. The molecule has 0 aliphatic heterocycles. The van der Waals surface area contributed by atoms with Crippen molar-refractivity contribution < 1.29 is 4.42 Å². The van der Waals surface area contributed by atoms with Gasteiger partial charge < -0.3 is 9.73 Å². The minimum absolute atomic E-state index is 0.233. The molecule has 1 N–H and O–H groups in total. The van der Waals surface area contributed by atoms with Crippen molar-refractivity contribution in [2.24, 2.45) is 0 Å². The molecule has 0 bridgehead atoms. The van der Waals surface area contributed by atoms with Gasteiger partial charge >= 0.3 is 0 Å². The van der Waals surface area contributed by atoms with Crippen molar-refractivity contribution in [3.05, 3.63) is 40.7 Å². The van der Waals surface area contributed by atoms with Crippen molar-refractivity contribution in [1.82, 2.24) is 10.3 Å². The molecule has 2 rings (SSSR count). The molecule has 1 unspecified atom stereocenters. The van der Waals surface area contributed by atoms with Gasteiger partial charge in [0.2, 0.25) is 0 Å². The summed E-state index contributed by atoms with van der Waals surface area (Å²) in [6.45, 7) is 3.02. The van der Waals surface area contributed by atoms with E-state index in [9.17, 15) is 0 Å². The third-order valence-electron chi connectivity index (χ3n) is 2.20.